The summed E-state index contributed by atoms with van der Waals surface area (Å²) in [6, 6.07) is 4.79. The maximum absolute atomic E-state index is 13.0. The van der Waals surface area contributed by atoms with Crippen molar-refractivity contribution in [3.63, 3.8) is 0 Å². The van der Waals surface area contributed by atoms with Crippen molar-refractivity contribution >= 4 is 12.0 Å². The van der Waals surface area contributed by atoms with Crippen LogP contribution in [0.4, 0.5) is 0 Å². The molecule has 0 aromatic carbocycles. The Morgan fingerprint density at radius 3 is 2.63 bits per heavy atom. The van der Waals surface area contributed by atoms with Crippen LogP contribution in [0.1, 0.15) is 68.9 Å². The number of nitriles is 1. The normalized spacial score (nSPS) is 21.1. The summed E-state index contributed by atoms with van der Waals surface area (Å²) >= 11 is 0. The number of aromatic nitrogens is 1. The molecule has 1 aromatic rings. The van der Waals surface area contributed by atoms with Gasteiger partial charge in [-0.2, -0.15) is 5.26 Å². The summed E-state index contributed by atoms with van der Waals surface area (Å²) in [5, 5.41) is 9.67. The van der Waals surface area contributed by atoms with E-state index in [9.17, 15) is 10.1 Å². The molecule has 1 saturated carbocycles. The molecule has 0 N–H and O–H groups in total. The van der Waals surface area contributed by atoms with E-state index in [0.717, 1.165) is 11.3 Å². The molecule has 5 nitrogen and oxygen atoms in total. The van der Waals surface area contributed by atoms with E-state index in [1.807, 2.05) is 13.8 Å². The molecular formula is C22H31N3O2. The Morgan fingerprint density at radius 1 is 1.30 bits per heavy atom. The zero-order valence-corrected chi connectivity index (χ0v) is 17.0. The summed E-state index contributed by atoms with van der Waals surface area (Å²) < 4.78 is 7.91. The van der Waals surface area contributed by atoms with Gasteiger partial charge < -0.3 is 14.2 Å². The number of hydrogen-bond donors (Lipinski definition) is 0. The molecule has 27 heavy (non-hydrogen) atoms. The molecule has 1 aliphatic carbocycles. The maximum Gasteiger partial charge on any atom is 0.265 e. The van der Waals surface area contributed by atoms with Gasteiger partial charge in [-0.25, -0.2) is 0 Å². The Balaban J connectivity index is 1.90. The Kier molecular flexibility index (Phi) is 5.76. The molecule has 1 amide bonds. The third-order valence-corrected chi connectivity index (χ3v) is 6.00. The summed E-state index contributed by atoms with van der Waals surface area (Å²) in [5.74, 6) is -0.201. The molecule has 0 unspecified atom stereocenters. The van der Waals surface area contributed by atoms with Gasteiger partial charge in [0.1, 0.15) is 11.6 Å². The highest BCUT2D eigenvalue weighted by atomic mass is 16.5. The van der Waals surface area contributed by atoms with Gasteiger partial charge in [0.25, 0.3) is 5.91 Å². The summed E-state index contributed by atoms with van der Waals surface area (Å²) in [7, 11) is 0. The van der Waals surface area contributed by atoms with Crippen molar-refractivity contribution in [1.82, 2.24) is 9.47 Å². The second kappa shape index (κ2) is 7.90. The third kappa shape index (κ3) is 3.96. The van der Waals surface area contributed by atoms with Crippen LogP contribution in [0.3, 0.4) is 0 Å². The van der Waals surface area contributed by atoms with Gasteiger partial charge in [-0.15, -0.1) is 0 Å². The first-order valence-electron chi connectivity index (χ1n) is 10.0. The standard InChI is InChI=1S/C22H31N3O2/c1-16-12-18(17(2)25(16)20-8-6-5-7-9-20)13-19(14-23)21(26)24-10-11-27-15-22(24,3)4/h12-13,20H,5-11,15H2,1-4H3/b19-13+. The largest absolute Gasteiger partial charge is 0.377 e. The predicted molar refractivity (Wildman–Crippen MR) is 106 cm³/mol. The molecule has 2 heterocycles. The lowest BCUT2D eigenvalue weighted by Gasteiger charge is -2.41. The first kappa shape index (κ1) is 19.7. The fourth-order valence-electron chi connectivity index (χ4n) is 4.53. The molecule has 146 valence electrons. The van der Waals surface area contributed by atoms with Crippen LogP contribution in [-0.4, -0.2) is 40.7 Å². The van der Waals surface area contributed by atoms with Gasteiger partial charge in [-0.3, -0.25) is 4.79 Å². The SMILES string of the molecule is Cc1cc(/C=C(\C#N)C(=O)N2CCOCC2(C)C)c(C)n1C1CCCCC1. The van der Waals surface area contributed by atoms with Crippen molar-refractivity contribution in [2.24, 2.45) is 0 Å². The van der Waals surface area contributed by atoms with E-state index in [2.05, 4.69) is 30.6 Å². The van der Waals surface area contributed by atoms with Gasteiger partial charge in [0, 0.05) is 24.0 Å². The molecule has 3 rings (SSSR count). The van der Waals surface area contributed by atoms with Crippen LogP contribution in [-0.2, 0) is 9.53 Å². The van der Waals surface area contributed by atoms with Crippen LogP contribution >= 0.6 is 0 Å². The number of morpholine rings is 1. The number of rotatable bonds is 3. The van der Waals surface area contributed by atoms with Crippen LogP contribution in [0, 0.1) is 25.2 Å². The quantitative estimate of drug-likeness (QED) is 0.594. The smallest absolute Gasteiger partial charge is 0.265 e. The van der Waals surface area contributed by atoms with Crippen molar-refractivity contribution in [3.8, 4) is 6.07 Å². The first-order chi connectivity index (χ1) is 12.8. The minimum absolute atomic E-state index is 0.201. The highest BCUT2D eigenvalue weighted by Gasteiger charge is 2.35. The Bertz CT molecular complexity index is 776. The summed E-state index contributed by atoms with van der Waals surface area (Å²) in [6.45, 7) is 9.72. The number of carbonyl (C=O) groups is 1. The predicted octanol–water partition coefficient (Wildman–Crippen LogP) is 4.15. The average Bonchev–Trinajstić information content (AvgIpc) is 2.92. The second-order valence-corrected chi connectivity index (χ2v) is 8.48. The molecule has 5 heteroatoms. The van der Waals surface area contributed by atoms with Gasteiger partial charge in [-0.05, 0) is 58.2 Å². The highest BCUT2D eigenvalue weighted by Crippen LogP contribution is 2.33. The van der Waals surface area contributed by atoms with Crippen molar-refractivity contribution in [2.75, 3.05) is 19.8 Å². The van der Waals surface area contributed by atoms with Gasteiger partial charge >= 0.3 is 0 Å². The number of nitrogens with zero attached hydrogens (tertiary/aromatic N) is 3. The van der Waals surface area contributed by atoms with E-state index < -0.39 is 5.54 Å². The maximum atomic E-state index is 13.0. The van der Waals surface area contributed by atoms with Crippen molar-refractivity contribution in [3.05, 3.63) is 28.6 Å². The Morgan fingerprint density at radius 2 is 2.00 bits per heavy atom. The van der Waals surface area contributed by atoms with E-state index in [0.29, 0.717) is 25.8 Å². The fraction of sp³-hybridized carbons (Fsp3) is 0.636. The zero-order valence-electron chi connectivity index (χ0n) is 17.0. The molecule has 1 aliphatic heterocycles. The minimum atomic E-state index is -0.399. The van der Waals surface area contributed by atoms with E-state index >= 15 is 0 Å². The summed E-state index contributed by atoms with van der Waals surface area (Å²) in [4.78, 5) is 14.8. The lowest BCUT2D eigenvalue weighted by atomic mass is 9.95. The number of amides is 1. The lowest BCUT2D eigenvalue weighted by molar-refractivity contribution is -0.141. The van der Waals surface area contributed by atoms with Crippen LogP contribution < -0.4 is 0 Å². The first-order valence-corrected chi connectivity index (χ1v) is 10.0. The molecule has 0 atom stereocenters. The fourth-order valence-corrected chi connectivity index (χ4v) is 4.53. The van der Waals surface area contributed by atoms with Crippen molar-refractivity contribution in [1.29, 1.82) is 5.26 Å². The number of ether oxygens (including phenoxy) is 1. The Hall–Kier alpha value is -2.06. The number of carbonyl (C=O) groups excluding carboxylic acids is 1. The van der Waals surface area contributed by atoms with E-state index in [1.165, 1.54) is 37.8 Å². The van der Waals surface area contributed by atoms with Crippen LogP contribution in [0.5, 0.6) is 0 Å². The highest BCUT2D eigenvalue weighted by molar-refractivity contribution is 6.02. The lowest BCUT2D eigenvalue weighted by Crippen LogP contribution is -2.55. The summed E-state index contributed by atoms with van der Waals surface area (Å²) in [6.07, 6.45) is 8.08. The number of hydrogen-bond acceptors (Lipinski definition) is 3. The van der Waals surface area contributed by atoms with Crippen molar-refractivity contribution < 1.29 is 9.53 Å². The monoisotopic (exact) mass is 369 g/mol. The van der Waals surface area contributed by atoms with E-state index in [-0.39, 0.29) is 11.5 Å². The molecule has 0 spiro atoms. The molecule has 2 aliphatic rings. The molecule has 1 aromatic heterocycles. The van der Waals surface area contributed by atoms with Crippen molar-refractivity contribution in [2.45, 2.75) is 71.4 Å². The van der Waals surface area contributed by atoms with Gasteiger partial charge in [0.2, 0.25) is 0 Å². The molecular weight excluding hydrogens is 338 g/mol. The van der Waals surface area contributed by atoms with Gasteiger partial charge in [0.15, 0.2) is 0 Å². The molecule has 0 radical (unpaired) electrons. The topological polar surface area (TPSA) is 58.3 Å². The van der Waals surface area contributed by atoms with Gasteiger partial charge in [0.05, 0.1) is 18.8 Å². The van der Waals surface area contributed by atoms with Crippen LogP contribution in [0.2, 0.25) is 0 Å². The van der Waals surface area contributed by atoms with Gasteiger partial charge in [-0.1, -0.05) is 19.3 Å². The van der Waals surface area contributed by atoms with E-state index in [4.69, 9.17) is 4.74 Å². The second-order valence-electron chi connectivity index (χ2n) is 8.48. The van der Waals surface area contributed by atoms with Crippen LogP contribution in [0.15, 0.2) is 11.6 Å². The average molecular weight is 370 g/mol. The Labute approximate surface area is 162 Å². The molecule has 0 bridgehead atoms. The minimum Gasteiger partial charge on any atom is -0.377 e. The number of aryl methyl sites for hydroxylation is 1. The zero-order chi connectivity index (χ0) is 19.6. The van der Waals surface area contributed by atoms with Crippen LogP contribution in [0.25, 0.3) is 6.08 Å². The summed E-state index contributed by atoms with van der Waals surface area (Å²) in [5.41, 5.74) is 3.15. The third-order valence-electron chi connectivity index (χ3n) is 6.00. The molecule has 2 fully saturated rings. The molecule has 1 saturated heterocycles. The van der Waals surface area contributed by atoms with E-state index in [1.54, 1.807) is 11.0 Å².